The molecule has 136 valence electrons. The normalized spacial score (nSPS) is 28.6. The number of likely N-dealkylation sites (tertiary alicyclic amines) is 1. The summed E-state index contributed by atoms with van der Waals surface area (Å²) in [4.78, 5) is 14.7. The van der Waals surface area contributed by atoms with Crippen LogP contribution >= 0.6 is 0 Å². The van der Waals surface area contributed by atoms with Gasteiger partial charge in [0.25, 0.3) is 0 Å². The first-order valence-corrected chi connectivity index (χ1v) is 9.68. The lowest BCUT2D eigenvalue weighted by Gasteiger charge is -2.37. The Labute approximate surface area is 149 Å². The predicted octanol–water partition coefficient (Wildman–Crippen LogP) is 3.90. The minimum atomic E-state index is 0.0494. The molecule has 1 N–H and O–H groups in total. The number of piperidine rings is 1. The molecule has 3 atom stereocenters. The lowest BCUT2D eigenvalue weighted by molar-refractivity contribution is 0.138. The first-order chi connectivity index (χ1) is 12.3. The van der Waals surface area contributed by atoms with Gasteiger partial charge < -0.3 is 19.7 Å². The second-order valence-electron chi connectivity index (χ2n) is 7.59. The highest BCUT2D eigenvalue weighted by atomic mass is 16.5. The van der Waals surface area contributed by atoms with Crippen LogP contribution in [0.25, 0.3) is 0 Å². The molecule has 2 heterocycles. The van der Waals surface area contributed by atoms with Crippen molar-refractivity contribution in [2.45, 2.75) is 44.6 Å². The number of fused-ring (bicyclic) bond motifs is 1. The van der Waals surface area contributed by atoms with E-state index in [0.29, 0.717) is 18.6 Å². The number of hydrogen-bond acceptors (Lipinski definition) is 3. The zero-order valence-corrected chi connectivity index (χ0v) is 14.8. The quantitative estimate of drug-likeness (QED) is 0.901. The maximum Gasteiger partial charge on any atom is 0.322 e. The summed E-state index contributed by atoms with van der Waals surface area (Å²) >= 11 is 0. The van der Waals surface area contributed by atoms with Crippen LogP contribution in [0.3, 0.4) is 0 Å². The van der Waals surface area contributed by atoms with E-state index in [1.165, 1.54) is 19.3 Å². The smallest absolute Gasteiger partial charge is 0.322 e. The number of hydrogen-bond donors (Lipinski definition) is 1. The van der Waals surface area contributed by atoms with Crippen molar-refractivity contribution in [3.8, 4) is 5.75 Å². The van der Waals surface area contributed by atoms with Crippen LogP contribution in [-0.2, 0) is 4.74 Å². The number of nitrogens with one attached hydrogen (secondary N) is 1. The number of ether oxygens (including phenoxy) is 2. The molecule has 0 aromatic heterocycles. The third-order valence-electron chi connectivity index (χ3n) is 5.87. The summed E-state index contributed by atoms with van der Waals surface area (Å²) in [7, 11) is 0. The van der Waals surface area contributed by atoms with E-state index in [-0.39, 0.29) is 6.03 Å². The van der Waals surface area contributed by atoms with Gasteiger partial charge in [0.05, 0.1) is 13.2 Å². The van der Waals surface area contributed by atoms with Gasteiger partial charge in [-0.1, -0.05) is 6.42 Å². The van der Waals surface area contributed by atoms with E-state index in [1.54, 1.807) is 0 Å². The van der Waals surface area contributed by atoms with E-state index >= 15 is 0 Å². The van der Waals surface area contributed by atoms with Crippen molar-refractivity contribution < 1.29 is 14.3 Å². The monoisotopic (exact) mass is 344 g/mol. The lowest BCUT2D eigenvalue weighted by atomic mass is 9.92. The van der Waals surface area contributed by atoms with Crippen molar-refractivity contribution in [3.63, 3.8) is 0 Å². The Morgan fingerprint density at radius 3 is 2.80 bits per heavy atom. The van der Waals surface area contributed by atoms with Crippen LogP contribution in [0.4, 0.5) is 10.5 Å². The average Bonchev–Trinajstić information content (AvgIpc) is 3.32. The molecular formula is C20H28N2O3. The molecule has 0 bridgehead atoms. The molecule has 3 fully saturated rings. The van der Waals surface area contributed by atoms with Crippen molar-refractivity contribution in [3.05, 3.63) is 24.3 Å². The fourth-order valence-electron chi connectivity index (χ4n) is 4.46. The Balaban J connectivity index is 1.30. The van der Waals surface area contributed by atoms with Gasteiger partial charge in [0, 0.05) is 30.8 Å². The number of carbonyl (C=O) groups excluding carboxylic acids is 1. The van der Waals surface area contributed by atoms with Crippen molar-refractivity contribution in [1.82, 2.24) is 4.90 Å². The predicted molar refractivity (Wildman–Crippen MR) is 97.0 cm³/mol. The largest absolute Gasteiger partial charge is 0.493 e. The number of anilines is 1. The standard InChI is InChI=1S/C20H28N2O3/c23-20(22-11-2-4-16-3-1-5-19(16)22)21-17-6-8-18(9-7-17)25-14-15-10-12-24-13-15/h6-9,15-16,19H,1-5,10-14H2,(H,21,23). The Morgan fingerprint density at radius 2 is 2.00 bits per heavy atom. The zero-order chi connectivity index (χ0) is 17.1. The molecule has 3 unspecified atom stereocenters. The van der Waals surface area contributed by atoms with Gasteiger partial charge in [0.1, 0.15) is 5.75 Å². The van der Waals surface area contributed by atoms with E-state index in [2.05, 4.69) is 10.2 Å². The molecule has 1 aliphatic carbocycles. The van der Waals surface area contributed by atoms with E-state index in [1.807, 2.05) is 24.3 Å². The Kier molecular flexibility index (Phi) is 5.11. The third-order valence-corrected chi connectivity index (χ3v) is 5.87. The van der Waals surface area contributed by atoms with Crippen LogP contribution in [-0.4, -0.2) is 43.3 Å². The van der Waals surface area contributed by atoms with Gasteiger partial charge in [0.15, 0.2) is 0 Å². The fraction of sp³-hybridized carbons (Fsp3) is 0.650. The van der Waals surface area contributed by atoms with Crippen LogP contribution in [0.5, 0.6) is 5.75 Å². The number of benzene rings is 1. The number of nitrogens with zero attached hydrogens (tertiary/aromatic N) is 1. The highest BCUT2D eigenvalue weighted by Crippen LogP contribution is 2.37. The van der Waals surface area contributed by atoms with Crippen molar-refractivity contribution >= 4 is 11.7 Å². The summed E-state index contributed by atoms with van der Waals surface area (Å²) in [5.41, 5.74) is 0.835. The maximum absolute atomic E-state index is 12.7. The van der Waals surface area contributed by atoms with Gasteiger partial charge in [-0.2, -0.15) is 0 Å². The number of rotatable bonds is 4. The summed E-state index contributed by atoms with van der Waals surface area (Å²) in [5.74, 6) is 2.06. The zero-order valence-electron chi connectivity index (χ0n) is 14.8. The van der Waals surface area contributed by atoms with Crippen LogP contribution in [0, 0.1) is 11.8 Å². The Hall–Kier alpha value is -1.75. The summed E-state index contributed by atoms with van der Waals surface area (Å²) < 4.78 is 11.2. The molecule has 2 aliphatic heterocycles. The van der Waals surface area contributed by atoms with E-state index in [4.69, 9.17) is 9.47 Å². The van der Waals surface area contributed by atoms with Crippen LogP contribution in [0.1, 0.15) is 38.5 Å². The molecule has 25 heavy (non-hydrogen) atoms. The SMILES string of the molecule is O=C(Nc1ccc(OCC2CCOC2)cc1)N1CCCC2CCCC21. The van der Waals surface area contributed by atoms with Gasteiger partial charge in [-0.15, -0.1) is 0 Å². The van der Waals surface area contributed by atoms with Gasteiger partial charge >= 0.3 is 6.03 Å². The molecule has 1 aromatic carbocycles. The number of carbonyl (C=O) groups is 1. The molecule has 5 heteroatoms. The van der Waals surface area contributed by atoms with Gasteiger partial charge in [0.2, 0.25) is 0 Å². The minimum Gasteiger partial charge on any atom is -0.493 e. The Bertz CT molecular complexity index is 583. The number of urea groups is 1. The summed E-state index contributed by atoms with van der Waals surface area (Å²) in [6.45, 7) is 3.23. The van der Waals surface area contributed by atoms with E-state index in [9.17, 15) is 4.79 Å². The van der Waals surface area contributed by atoms with Gasteiger partial charge in [-0.25, -0.2) is 4.79 Å². The molecule has 0 radical (unpaired) electrons. The lowest BCUT2D eigenvalue weighted by Crippen LogP contribution is -2.48. The van der Waals surface area contributed by atoms with Crippen LogP contribution < -0.4 is 10.1 Å². The second-order valence-corrected chi connectivity index (χ2v) is 7.59. The van der Waals surface area contributed by atoms with E-state index < -0.39 is 0 Å². The average molecular weight is 344 g/mol. The maximum atomic E-state index is 12.7. The van der Waals surface area contributed by atoms with E-state index in [0.717, 1.165) is 56.4 Å². The molecule has 2 saturated heterocycles. The van der Waals surface area contributed by atoms with Crippen LogP contribution in [0.2, 0.25) is 0 Å². The highest BCUT2D eigenvalue weighted by Gasteiger charge is 2.37. The first kappa shape index (κ1) is 16.7. The molecule has 0 spiro atoms. The van der Waals surface area contributed by atoms with Crippen LogP contribution in [0.15, 0.2) is 24.3 Å². The molecule has 3 aliphatic rings. The molecule has 5 nitrogen and oxygen atoms in total. The minimum absolute atomic E-state index is 0.0494. The fourth-order valence-corrected chi connectivity index (χ4v) is 4.46. The topological polar surface area (TPSA) is 50.8 Å². The summed E-state index contributed by atoms with van der Waals surface area (Å²) in [6.07, 6.45) is 7.20. The summed E-state index contributed by atoms with van der Waals surface area (Å²) in [6, 6.07) is 8.21. The van der Waals surface area contributed by atoms with Crippen molar-refractivity contribution in [2.75, 3.05) is 31.7 Å². The number of amides is 2. The highest BCUT2D eigenvalue weighted by molar-refractivity contribution is 5.89. The van der Waals surface area contributed by atoms with Gasteiger partial charge in [-0.05, 0) is 62.3 Å². The molecular weight excluding hydrogens is 316 g/mol. The van der Waals surface area contributed by atoms with Crippen molar-refractivity contribution in [1.29, 1.82) is 0 Å². The molecule has 2 amide bonds. The van der Waals surface area contributed by atoms with Gasteiger partial charge in [-0.3, -0.25) is 0 Å². The molecule has 1 aromatic rings. The second kappa shape index (κ2) is 7.65. The molecule has 4 rings (SSSR count). The third kappa shape index (κ3) is 3.92. The van der Waals surface area contributed by atoms with Crippen molar-refractivity contribution in [2.24, 2.45) is 11.8 Å². The molecule has 1 saturated carbocycles. The first-order valence-electron chi connectivity index (χ1n) is 9.68. The summed E-state index contributed by atoms with van der Waals surface area (Å²) in [5, 5.41) is 3.06. The Morgan fingerprint density at radius 1 is 1.16 bits per heavy atom.